The maximum Gasteiger partial charge on any atom is 0.435 e. The highest BCUT2D eigenvalue weighted by Crippen LogP contribution is 2.10. The van der Waals surface area contributed by atoms with E-state index in [1.54, 1.807) is 51.6 Å². The van der Waals surface area contributed by atoms with E-state index < -0.39 is 11.7 Å². The molecule has 0 unspecified atom stereocenters. The number of amidine groups is 1. The van der Waals surface area contributed by atoms with Gasteiger partial charge in [-0.3, -0.25) is 0 Å². The Morgan fingerprint density at radius 2 is 1.68 bits per heavy atom. The van der Waals surface area contributed by atoms with Gasteiger partial charge < -0.3 is 19.4 Å². The third-order valence-electron chi connectivity index (χ3n) is 2.52. The average Bonchev–Trinajstić information content (AvgIpc) is 2.22. The van der Waals surface area contributed by atoms with Crippen molar-refractivity contribution < 1.29 is 14.3 Å². The van der Waals surface area contributed by atoms with Gasteiger partial charge in [0.2, 0.25) is 0 Å². The van der Waals surface area contributed by atoms with Gasteiger partial charge in [0.1, 0.15) is 11.4 Å². The average molecular weight is 270 g/mol. The molecule has 1 rings (SSSR count). The summed E-state index contributed by atoms with van der Waals surface area (Å²) < 4.78 is 5.13. The molecular formula is C12H22N4O3. The van der Waals surface area contributed by atoms with E-state index in [-0.39, 0.29) is 6.03 Å². The monoisotopic (exact) mass is 270 g/mol. The van der Waals surface area contributed by atoms with Gasteiger partial charge in [-0.05, 0) is 27.7 Å². The van der Waals surface area contributed by atoms with Crippen LogP contribution in [-0.4, -0.2) is 65.7 Å². The Hall–Kier alpha value is -1.79. The summed E-state index contributed by atoms with van der Waals surface area (Å²) in [6.07, 6.45) is -0.618. The summed E-state index contributed by atoms with van der Waals surface area (Å²) in [6.45, 7) is 7.90. The molecular weight excluding hydrogens is 248 g/mol. The second kappa shape index (κ2) is 5.46. The number of nitrogens with zero attached hydrogens (tertiary/aromatic N) is 4. The Bertz CT molecular complexity index is 386. The van der Waals surface area contributed by atoms with Crippen molar-refractivity contribution in [1.82, 2.24) is 14.7 Å². The van der Waals surface area contributed by atoms with E-state index in [2.05, 4.69) is 4.99 Å². The fourth-order valence-electron chi connectivity index (χ4n) is 1.66. The fraction of sp³-hybridized carbons (Fsp3) is 0.750. The quantitative estimate of drug-likeness (QED) is 0.495. The minimum atomic E-state index is -0.618. The highest BCUT2D eigenvalue weighted by molar-refractivity contribution is 5.91. The first-order chi connectivity index (χ1) is 8.60. The number of hydrogen-bond acceptors (Lipinski definition) is 3. The SMILES string of the molecule is CC(=NC(=O)OC(C)(C)C)N1CN(C)C(=O)N(C)C1. The minimum absolute atomic E-state index is 0.0543. The predicted octanol–water partition coefficient (Wildman–Crippen LogP) is 1.55. The molecule has 19 heavy (non-hydrogen) atoms. The Balaban J connectivity index is 2.70. The first kappa shape index (κ1) is 15.3. The van der Waals surface area contributed by atoms with Crippen LogP contribution in [0.25, 0.3) is 0 Å². The Morgan fingerprint density at radius 1 is 1.21 bits per heavy atom. The van der Waals surface area contributed by atoms with E-state index in [4.69, 9.17) is 4.74 Å². The topological polar surface area (TPSA) is 65.5 Å². The summed E-state index contributed by atoms with van der Waals surface area (Å²) in [5, 5.41) is 0. The summed E-state index contributed by atoms with van der Waals surface area (Å²) in [5.41, 5.74) is -0.563. The van der Waals surface area contributed by atoms with Crippen LogP contribution in [0.5, 0.6) is 0 Å². The van der Waals surface area contributed by atoms with Gasteiger partial charge in [-0.1, -0.05) is 0 Å². The Morgan fingerprint density at radius 3 is 2.11 bits per heavy atom. The lowest BCUT2D eigenvalue weighted by Gasteiger charge is -2.39. The van der Waals surface area contributed by atoms with E-state index >= 15 is 0 Å². The third-order valence-corrected chi connectivity index (χ3v) is 2.52. The number of carbonyl (C=O) groups excluding carboxylic acids is 2. The second-order valence-corrected chi connectivity index (χ2v) is 5.64. The van der Waals surface area contributed by atoms with Crippen molar-refractivity contribution in [2.75, 3.05) is 27.4 Å². The molecule has 7 heteroatoms. The highest BCUT2D eigenvalue weighted by Gasteiger charge is 2.26. The van der Waals surface area contributed by atoms with Crippen molar-refractivity contribution in [3.63, 3.8) is 0 Å². The van der Waals surface area contributed by atoms with Gasteiger partial charge in [-0.2, -0.15) is 4.99 Å². The maximum atomic E-state index is 11.6. The van der Waals surface area contributed by atoms with Gasteiger partial charge in [-0.25, -0.2) is 9.59 Å². The smallest absolute Gasteiger partial charge is 0.435 e. The predicted molar refractivity (Wildman–Crippen MR) is 71.8 cm³/mol. The number of carbonyl (C=O) groups is 2. The van der Waals surface area contributed by atoms with Gasteiger partial charge >= 0.3 is 12.1 Å². The van der Waals surface area contributed by atoms with Crippen LogP contribution in [0.4, 0.5) is 9.59 Å². The van der Waals surface area contributed by atoms with Gasteiger partial charge in [0.15, 0.2) is 0 Å². The maximum absolute atomic E-state index is 11.6. The van der Waals surface area contributed by atoms with E-state index in [9.17, 15) is 9.59 Å². The molecule has 0 bridgehead atoms. The largest absolute Gasteiger partial charge is 0.442 e. The lowest BCUT2D eigenvalue weighted by atomic mass is 10.2. The van der Waals surface area contributed by atoms with Crippen LogP contribution in [0.3, 0.4) is 0 Å². The van der Waals surface area contributed by atoms with Crippen LogP contribution >= 0.6 is 0 Å². The van der Waals surface area contributed by atoms with E-state index in [1.807, 2.05) is 4.90 Å². The number of rotatable bonds is 0. The Labute approximate surface area is 113 Å². The van der Waals surface area contributed by atoms with Crippen LogP contribution < -0.4 is 0 Å². The summed E-state index contributed by atoms with van der Waals surface area (Å²) in [4.78, 5) is 32.0. The highest BCUT2D eigenvalue weighted by atomic mass is 16.6. The number of hydrogen-bond donors (Lipinski definition) is 0. The summed E-state index contributed by atoms with van der Waals surface area (Å²) >= 11 is 0. The van der Waals surface area contributed by atoms with Crippen molar-refractivity contribution in [3.05, 3.63) is 0 Å². The zero-order chi connectivity index (χ0) is 14.8. The van der Waals surface area contributed by atoms with Crippen molar-refractivity contribution >= 4 is 18.0 Å². The number of urea groups is 1. The summed E-state index contributed by atoms with van der Waals surface area (Å²) in [7, 11) is 3.40. The van der Waals surface area contributed by atoms with Crippen LogP contribution in [0.2, 0.25) is 0 Å². The Kier molecular flexibility index (Phi) is 4.39. The molecule has 3 amide bonds. The third kappa shape index (κ3) is 4.42. The molecule has 0 radical (unpaired) electrons. The molecule has 7 nitrogen and oxygen atoms in total. The lowest BCUT2D eigenvalue weighted by molar-refractivity contribution is 0.0596. The van der Waals surface area contributed by atoms with Crippen molar-refractivity contribution in [2.24, 2.45) is 4.99 Å². The molecule has 0 aromatic heterocycles. The summed E-state index contributed by atoms with van der Waals surface area (Å²) in [6, 6.07) is -0.0543. The molecule has 0 atom stereocenters. The normalized spacial score (nSPS) is 17.9. The van der Waals surface area contributed by atoms with Crippen molar-refractivity contribution in [2.45, 2.75) is 33.3 Å². The number of ether oxygens (including phenoxy) is 1. The first-order valence-corrected chi connectivity index (χ1v) is 6.09. The van der Waals surface area contributed by atoms with Crippen molar-refractivity contribution in [3.8, 4) is 0 Å². The molecule has 1 saturated heterocycles. The van der Waals surface area contributed by atoms with Gasteiger partial charge in [0.05, 0.1) is 13.3 Å². The number of aliphatic imine (C=N–C) groups is 1. The zero-order valence-corrected chi connectivity index (χ0v) is 12.4. The molecule has 1 heterocycles. The molecule has 1 fully saturated rings. The molecule has 0 spiro atoms. The molecule has 0 aliphatic carbocycles. The fourth-order valence-corrected chi connectivity index (χ4v) is 1.66. The first-order valence-electron chi connectivity index (χ1n) is 6.09. The van der Waals surface area contributed by atoms with Gasteiger partial charge in [-0.15, -0.1) is 0 Å². The summed E-state index contributed by atoms with van der Waals surface area (Å²) in [5.74, 6) is 0.528. The molecule has 0 aromatic carbocycles. The standard InChI is InChI=1S/C12H22N4O3/c1-9(13-10(17)19-12(2,3)4)16-7-14(5)11(18)15(6)8-16/h7-8H2,1-6H3. The van der Waals surface area contributed by atoms with Gasteiger partial charge in [0.25, 0.3) is 0 Å². The lowest BCUT2D eigenvalue weighted by Crippen LogP contribution is -2.56. The van der Waals surface area contributed by atoms with E-state index in [1.165, 1.54) is 0 Å². The molecule has 0 aromatic rings. The van der Waals surface area contributed by atoms with Crippen LogP contribution in [0, 0.1) is 0 Å². The van der Waals surface area contributed by atoms with Crippen LogP contribution in [0.15, 0.2) is 4.99 Å². The van der Waals surface area contributed by atoms with E-state index in [0.717, 1.165) is 0 Å². The zero-order valence-electron chi connectivity index (χ0n) is 12.4. The minimum Gasteiger partial charge on any atom is -0.442 e. The molecule has 0 N–H and O–H groups in total. The molecule has 108 valence electrons. The molecule has 1 aliphatic rings. The van der Waals surface area contributed by atoms with E-state index in [0.29, 0.717) is 19.2 Å². The molecule has 0 saturated carbocycles. The van der Waals surface area contributed by atoms with Crippen LogP contribution in [-0.2, 0) is 4.74 Å². The molecule has 1 aliphatic heterocycles. The van der Waals surface area contributed by atoms with Gasteiger partial charge in [0, 0.05) is 14.1 Å². The van der Waals surface area contributed by atoms with Crippen molar-refractivity contribution in [1.29, 1.82) is 0 Å². The van der Waals surface area contributed by atoms with Crippen LogP contribution in [0.1, 0.15) is 27.7 Å². The number of amides is 3. The second-order valence-electron chi connectivity index (χ2n) is 5.64.